The second kappa shape index (κ2) is 9.60. The van der Waals surface area contributed by atoms with Gasteiger partial charge in [-0.2, -0.15) is 0 Å². The number of halogens is 1. The Kier molecular flexibility index (Phi) is 7.45. The van der Waals surface area contributed by atoms with Crippen molar-refractivity contribution in [3.63, 3.8) is 0 Å². The fourth-order valence-corrected chi connectivity index (χ4v) is 3.28. The first-order chi connectivity index (χ1) is 13.7. The van der Waals surface area contributed by atoms with Gasteiger partial charge >= 0.3 is 5.97 Å². The van der Waals surface area contributed by atoms with E-state index in [-0.39, 0.29) is 23.8 Å². The molecule has 0 aliphatic rings. The van der Waals surface area contributed by atoms with Gasteiger partial charge in [-0.25, -0.2) is 18.9 Å². The monoisotopic (exact) mass is 418 g/mol. The number of carbonyl (C=O) groups is 1. The highest BCUT2D eigenvalue weighted by atomic mass is 35.5. The number of ether oxygens (including phenoxy) is 1. The van der Waals surface area contributed by atoms with Crippen molar-refractivity contribution in [2.75, 3.05) is 0 Å². The zero-order chi connectivity index (χ0) is 21.7. The molecule has 4 N–H and O–H groups in total. The van der Waals surface area contributed by atoms with Gasteiger partial charge in [0.2, 0.25) is 0 Å². The van der Waals surface area contributed by atoms with Gasteiger partial charge in [-0.15, -0.1) is 0 Å². The molecule has 1 aromatic carbocycles. The number of nitrogens with two attached hydrogens (primary N) is 2. The zero-order valence-corrected chi connectivity index (χ0v) is 18.4. The molecule has 0 spiro atoms. The van der Waals surface area contributed by atoms with Crippen LogP contribution < -0.4 is 16.0 Å². The number of fused-ring (bicyclic) bond motifs is 1. The summed E-state index contributed by atoms with van der Waals surface area (Å²) in [5.41, 5.74) is 14.8. The number of hydrogen-bond donors (Lipinski definition) is 2. The topological polar surface area (TPSA) is 99.5 Å². The highest BCUT2D eigenvalue weighted by Gasteiger charge is 2.25. The SMILES string of the molecule is CCn1c(COC(=O)C(=C(C)C)/C(N)=N\C(N)=C(/C)Cl)[n+](CC)c2ccccc21. The van der Waals surface area contributed by atoms with Crippen LogP contribution in [0.4, 0.5) is 0 Å². The predicted molar refractivity (Wildman–Crippen MR) is 116 cm³/mol. The minimum Gasteiger partial charge on any atom is -0.449 e. The smallest absolute Gasteiger partial charge is 0.342 e. The first-order valence-electron chi connectivity index (χ1n) is 9.53. The van der Waals surface area contributed by atoms with Crippen LogP contribution in [-0.4, -0.2) is 16.4 Å². The molecule has 1 heterocycles. The Balaban J connectivity index is 2.37. The van der Waals surface area contributed by atoms with E-state index in [2.05, 4.69) is 40.1 Å². The van der Waals surface area contributed by atoms with E-state index in [0.29, 0.717) is 10.6 Å². The van der Waals surface area contributed by atoms with Crippen LogP contribution in [0, 0.1) is 0 Å². The zero-order valence-electron chi connectivity index (χ0n) is 17.6. The largest absolute Gasteiger partial charge is 0.449 e. The van der Waals surface area contributed by atoms with E-state index in [0.717, 1.165) is 29.9 Å². The summed E-state index contributed by atoms with van der Waals surface area (Å²) in [4.78, 5) is 16.8. The Bertz CT molecular complexity index is 968. The molecule has 2 rings (SSSR count). The average molecular weight is 419 g/mol. The summed E-state index contributed by atoms with van der Waals surface area (Å²) in [6, 6.07) is 8.12. The number of amidine groups is 1. The van der Waals surface area contributed by atoms with Gasteiger partial charge in [0, 0.05) is 0 Å². The van der Waals surface area contributed by atoms with Crippen LogP contribution in [0.2, 0.25) is 0 Å². The Morgan fingerprint density at radius 3 is 2.41 bits per heavy atom. The third-order valence-electron chi connectivity index (χ3n) is 4.61. The predicted octanol–water partition coefficient (Wildman–Crippen LogP) is 3.09. The molecule has 0 saturated heterocycles. The fourth-order valence-electron chi connectivity index (χ4n) is 3.24. The molecule has 29 heavy (non-hydrogen) atoms. The molecular weight excluding hydrogens is 390 g/mol. The fraction of sp³-hybridized carbons (Fsp3) is 0.381. The maximum atomic E-state index is 12.8. The van der Waals surface area contributed by atoms with Crippen molar-refractivity contribution in [3.8, 4) is 0 Å². The van der Waals surface area contributed by atoms with Gasteiger partial charge in [-0.3, -0.25) is 0 Å². The van der Waals surface area contributed by atoms with E-state index in [9.17, 15) is 4.79 Å². The second-order valence-electron chi connectivity index (χ2n) is 6.76. The first-order valence-corrected chi connectivity index (χ1v) is 9.91. The number of allylic oxidation sites excluding steroid dienone is 2. The molecular formula is C21H29ClN5O2+. The molecule has 0 radical (unpaired) electrons. The molecule has 0 saturated carbocycles. The van der Waals surface area contributed by atoms with E-state index in [1.165, 1.54) is 0 Å². The van der Waals surface area contributed by atoms with Crippen molar-refractivity contribution in [2.24, 2.45) is 16.5 Å². The van der Waals surface area contributed by atoms with E-state index < -0.39 is 5.97 Å². The molecule has 7 nitrogen and oxygen atoms in total. The van der Waals surface area contributed by atoms with Crippen molar-refractivity contribution in [1.82, 2.24) is 4.57 Å². The number of aryl methyl sites for hydroxylation is 2. The minimum atomic E-state index is -0.554. The molecule has 156 valence electrons. The van der Waals surface area contributed by atoms with E-state index in [1.807, 2.05) is 12.1 Å². The third-order valence-corrected chi connectivity index (χ3v) is 4.80. The van der Waals surface area contributed by atoms with Crippen LogP contribution in [0.25, 0.3) is 11.0 Å². The normalized spacial score (nSPS) is 12.7. The number of nitrogens with zero attached hydrogens (tertiary/aromatic N) is 3. The number of benzene rings is 1. The van der Waals surface area contributed by atoms with Gasteiger partial charge in [0.05, 0.1) is 18.1 Å². The van der Waals surface area contributed by atoms with Crippen LogP contribution in [0.1, 0.15) is 40.4 Å². The highest BCUT2D eigenvalue weighted by Crippen LogP contribution is 2.17. The molecule has 0 amide bonds. The Hall–Kier alpha value is -2.80. The molecule has 2 aromatic rings. The van der Waals surface area contributed by atoms with Crippen molar-refractivity contribution in [2.45, 2.75) is 54.3 Å². The summed E-state index contributed by atoms with van der Waals surface area (Å²) < 4.78 is 9.92. The third kappa shape index (κ3) is 4.79. The van der Waals surface area contributed by atoms with Gasteiger partial charge in [0.15, 0.2) is 17.6 Å². The van der Waals surface area contributed by atoms with Crippen LogP contribution >= 0.6 is 11.6 Å². The molecule has 8 heteroatoms. The van der Waals surface area contributed by atoms with Crippen LogP contribution in [0.15, 0.2) is 51.3 Å². The van der Waals surface area contributed by atoms with Crippen molar-refractivity contribution < 1.29 is 14.1 Å². The van der Waals surface area contributed by atoms with Gasteiger partial charge < -0.3 is 16.2 Å². The van der Waals surface area contributed by atoms with Gasteiger partial charge in [0.25, 0.3) is 5.82 Å². The van der Waals surface area contributed by atoms with Gasteiger partial charge in [0.1, 0.15) is 17.2 Å². The molecule has 0 bridgehead atoms. The molecule has 0 aliphatic carbocycles. The van der Waals surface area contributed by atoms with E-state index in [4.69, 9.17) is 27.8 Å². The summed E-state index contributed by atoms with van der Waals surface area (Å²) in [6.45, 7) is 10.9. The summed E-state index contributed by atoms with van der Waals surface area (Å²) in [6.07, 6.45) is 0. The van der Waals surface area contributed by atoms with Crippen LogP contribution in [-0.2, 0) is 29.2 Å². The maximum Gasteiger partial charge on any atom is 0.342 e. The second-order valence-corrected chi connectivity index (χ2v) is 7.33. The van der Waals surface area contributed by atoms with E-state index in [1.54, 1.807) is 20.8 Å². The first kappa shape index (κ1) is 22.5. The van der Waals surface area contributed by atoms with Crippen molar-refractivity contribution >= 4 is 34.4 Å². The highest BCUT2D eigenvalue weighted by molar-refractivity contribution is 6.29. The lowest BCUT2D eigenvalue weighted by molar-refractivity contribution is -0.678. The lowest BCUT2D eigenvalue weighted by Crippen LogP contribution is -2.38. The van der Waals surface area contributed by atoms with Gasteiger partial charge in [-0.05, 0) is 46.8 Å². The summed E-state index contributed by atoms with van der Waals surface area (Å²) in [5.74, 6) is 0.392. The van der Waals surface area contributed by atoms with Crippen LogP contribution in [0.5, 0.6) is 0 Å². The van der Waals surface area contributed by atoms with Gasteiger partial charge in [-0.1, -0.05) is 29.3 Å². The number of esters is 1. The summed E-state index contributed by atoms with van der Waals surface area (Å²) >= 11 is 5.84. The minimum absolute atomic E-state index is 0.0214. The Morgan fingerprint density at radius 2 is 1.86 bits per heavy atom. The Morgan fingerprint density at radius 1 is 1.21 bits per heavy atom. The number of carbonyl (C=O) groups excluding carboxylic acids is 1. The number of aromatic nitrogens is 2. The average Bonchev–Trinajstić information content (AvgIpc) is 2.98. The lowest BCUT2D eigenvalue weighted by atomic mass is 10.1. The number of hydrogen-bond acceptors (Lipinski definition) is 4. The maximum absolute atomic E-state index is 12.8. The van der Waals surface area contributed by atoms with Crippen molar-refractivity contribution in [1.29, 1.82) is 0 Å². The number of aliphatic imine (C=N–C) groups is 1. The van der Waals surface area contributed by atoms with Crippen LogP contribution in [0.3, 0.4) is 0 Å². The quantitative estimate of drug-likeness (QED) is 0.237. The van der Waals surface area contributed by atoms with Crippen molar-refractivity contribution in [3.05, 3.63) is 52.1 Å². The van der Waals surface area contributed by atoms with E-state index >= 15 is 0 Å². The molecule has 0 aliphatic heterocycles. The molecule has 0 unspecified atom stereocenters. The lowest BCUT2D eigenvalue weighted by Gasteiger charge is -2.10. The summed E-state index contributed by atoms with van der Waals surface area (Å²) in [7, 11) is 0. The number of imidazole rings is 1. The standard InChI is InChI=1S/C21H29ClN5O2/c1-6-26-15-10-8-9-11-16(15)27(7-2)17(26)12-29-21(28)18(13(3)4)20(24)25-19(23)14(5)22/h8-11H,6-7,12,23H2,1-5H3,(H2,24,25)/q+1/b19-14+. The summed E-state index contributed by atoms with van der Waals surface area (Å²) in [5, 5.41) is 0.297. The molecule has 1 aromatic heterocycles. The number of rotatable bonds is 7. The Labute approximate surface area is 176 Å². The molecule has 0 atom stereocenters. The number of para-hydroxylation sites is 2. The molecule has 0 fully saturated rings.